The summed E-state index contributed by atoms with van der Waals surface area (Å²) in [5.74, 6) is -3.22. The first-order valence-corrected chi connectivity index (χ1v) is 11.6. The molecule has 0 aliphatic carbocycles. The van der Waals surface area contributed by atoms with Crippen molar-refractivity contribution in [1.29, 1.82) is 0 Å². The maximum absolute atomic E-state index is 14.0. The van der Waals surface area contributed by atoms with Gasteiger partial charge in [0.2, 0.25) is 0 Å². The zero-order valence-electron chi connectivity index (χ0n) is 16.2. The lowest BCUT2D eigenvalue weighted by Gasteiger charge is -2.15. The second-order valence-electron chi connectivity index (χ2n) is 6.35. The van der Waals surface area contributed by atoms with Crippen molar-refractivity contribution in [3.8, 4) is 17.2 Å². The highest BCUT2D eigenvalue weighted by atomic mass is 32.2. The molecule has 13 heteroatoms. The highest BCUT2D eigenvalue weighted by molar-refractivity contribution is 7.93. The van der Waals surface area contributed by atoms with Gasteiger partial charge >= 0.3 is 0 Å². The Morgan fingerprint density at radius 1 is 0.750 bits per heavy atom. The van der Waals surface area contributed by atoms with E-state index in [0.717, 1.165) is 49.6 Å². The molecule has 9 nitrogen and oxygen atoms in total. The predicted octanol–water partition coefficient (Wildman–Crippen LogP) is 2.99. The van der Waals surface area contributed by atoms with Gasteiger partial charge in [-0.15, -0.1) is 0 Å². The highest BCUT2D eigenvalue weighted by Gasteiger charge is 2.25. The first kappa shape index (κ1) is 23.1. The van der Waals surface area contributed by atoms with Crippen LogP contribution >= 0.6 is 0 Å². The maximum Gasteiger partial charge on any atom is 0.265 e. The van der Waals surface area contributed by atoms with Crippen LogP contribution in [0, 0.1) is 11.6 Å². The second kappa shape index (κ2) is 8.51. The monoisotopic (exact) mass is 486 g/mol. The number of benzene rings is 3. The summed E-state index contributed by atoms with van der Waals surface area (Å²) in [6.45, 7) is 0. The predicted molar refractivity (Wildman–Crippen MR) is 111 cm³/mol. The van der Waals surface area contributed by atoms with E-state index in [1.807, 2.05) is 9.44 Å². The summed E-state index contributed by atoms with van der Waals surface area (Å²) in [7, 11) is -7.88. The zero-order chi connectivity index (χ0) is 23.7. The number of ether oxygens (including phenoxy) is 1. The van der Waals surface area contributed by atoms with Gasteiger partial charge in [0.05, 0.1) is 23.4 Å². The van der Waals surface area contributed by atoms with Crippen molar-refractivity contribution in [2.24, 2.45) is 0 Å². The Morgan fingerprint density at radius 2 is 1.25 bits per heavy atom. The van der Waals surface area contributed by atoms with Crippen LogP contribution in [0.1, 0.15) is 0 Å². The van der Waals surface area contributed by atoms with Gasteiger partial charge in [-0.2, -0.15) is 0 Å². The second-order valence-corrected chi connectivity index (χ2v) is 9.69. The third kappa shape index (κ3) is 4.84. The quantitative estimate of drug-likeness (QED) is 0.376. The van der Waals surface area contributed by atoms with Crippen molar-refractivity contribution in [2.45, 2.75) is 9.79 Å². The summed E-state index contributed by atoms with van der Waals surface area (Å²) < 4.78 is 87.8. The molecule has 0 unspecified atom stereocenters. The molecule has 3 aromatic carbocycles. The normalized spacial score (nSPS) is 11.7. The topological polar surface area (TPSA) is 142 Å². The molecule has 0 atom stereocenters. The van der Waals surface area contributed by atoms with Gasteiger partial charge in [0, 0.05) is 12.1 Å². The lowest BCUT2D eigenvalue weighted by molar-refractivity contribution is 0.402. The van der Waals surface area contributed by atoms with Crippen LogP contribution in [0.15, 0.2) is 64.4 Å². The Kier molecular flexibility index (Phi) is 6.14. The number of methoxy groups -OCH3 is 1. The van der Waals surface area contributed by atoms with E-state index in [1.165, 1.54) is 0 Å². The third-order valence-corrected chi connectivity index (χ3v) is 6.88. The number of hydrogen-bond acceptors (Lipinski definition) is 7. The number of phenols is 2. The average molecular weight is 486 g/mol. The Morgan fingerprint density at radius 3 is 1.72 bits per heavy atom. The van der Waals surface area contributed by atoms with Gasteiger partial charge in [0.15, 0.2) is 11.6 Å². The van der Waals surface area contributed by atoms with Gasteiger partial charge in [0.25, 0.3) is 20.0 Å². The van der Waals surface area contributed by atoms with Crippen molar-refractivity contribution in [1.82, 2.24) is 0 Å². The Hall–Kier alpha value is -3.58. The molecule has 170 valence electrons. The summed E-state index contributed by atoms with van der Waals surface area (Å²) in [4.78, 5) is -1.20. The molecule has 0 amide bonds. The fraction of sp³-hybridized carbons (Fsp3) is 0.0526. The number of sulfonamides is 2. The average Bonchev–Trinajstić information content (AvgIpc) is 2.71. The zero-order valence-corrected chi connectivity index (χ0v) is 17.8. The van der Waals surface area contributed by atoms with E-state index in [9.17, 15) is 35.8 Å². The van der Waals surface area contributed by atoms with Crippen LogP contribution in [0.5, 0.6) is 17.2 Å². The molecule has 0 saturated heterocycles. The number of hydrogen-bond donors (Lipinski definition) is 4. The Balaban J connectivity index is 2.02. The molecule has 0 heterocycles. The van der Waals surface area contributed by atoms with Crippen LogP contribution in [0.4, 0.5) is 20.2 Å². The molecule has 0 radical (unpaired) electrons. The molecule has 0 saturated carbocycles. The molecule has 0 aliphatic heterocycles. The Bertz CT molecular complexity index is 1390. The lowest BCUT2D eigenvalue weighted by Crippen LogP contribution is -2.18. The van der Waals surface area contributed by atoms with Gasteiger partial charge < -0.3 is 14.9 Å². The smallest absolute Gasteiger partial charge is 0.265 e. The molecule has 0 aromatic heterocycles. The number of rotatable bonds is 7. The fourth-order valence-electron chi connectivity index (χ4n) is 2.61. The third-order valence-electron chi connectivity index (χ3n) is 4.13. The van der Waals surface area contributed by atoms with Crippen LogP contribution < -0.4 is 14.2 Å². The molecule has 0 aliphatic rings. The number of phenolic OH excluding ortho intramolecular Hbond substituents is 2. The summed E-state index contributed by atoms with van der Waals surface area (Å²) in [6, 6.07) is 8.28. The fourth-order valence-corrected chi connectivity index (χ4v) is 5.04. The molecule has 3 aromatic rings. The Labute approximate surface area is 182 Å². The van der Waals surface area contributed by atoms with Crippen LogP contribution in [-0.4, -0.2) is 34.2 Å². The highest BCUT2D eigenvalue weighted by Crippen LogP contribution is 2.31. The minimum Gasteiger partial charge on any atom is -0.508 e. The number of anilines is 2. The number of aromatic hydroxyl groups is 2. The van der Waals surface area contributed by atoms with Gasteiger partial charge in [-0.25, -0.2) is 25.6 Å². The van der Waals surface area contributed by atoms with E-state index >= 15 is 0 Å². The van der Waals surface area contributed by atoms with Gasteiger partial charge in [0.1, 0.15) is 22.1 Å². The summed E-state index contributed by atoms with van der Waals surface area (Å²) in [6.07, 6.45) is 0. The van der Waals surface area contributed by atoms with Crippen molar-refractivity contribution in [3.05, 3.63) is 66.2 Å². The SMILES string of the molecule is COc1ccc(S(=O)(=O)Nc2ccc(O)cc2F)cc1S(=O)(=O)Nc1ccc(O)cc1F. The van der Waals surface area contributed by atoms with Crippen LogP contribution in [0.2, 0.25) is 0 Å². The van der Waals surface area contributed by atoms with E-state index in [1.54, 1.807) is 0 Å². The van der Waals surface area contributed by atoms with Crippen LogP contribution in [0.25, 0.3) is 0 Å². The minimum absolute atomic E-state index is 0.244. The molecule has 0 bridgehead atoms. The first-order chi connectivity index (χ1) is 14.9. The van der Waals surface area contributed by atoms with Crippen molar-refractivity contribution < 1.29 is 40.6 Å². The first-order valence-electron chi connectivity index (χ1n) is 8.63. The van der Waals surface area contributed by atoms with Crippen molar-refractivity contribution in [2.75, 3.05) is 16.6 Å². The molecular formula is C19H16F2N2O7S2. The minimum atomic E-state index is -4.56. The molecule has 4 N–H and O–H groups in total. The maximum atomic E-state index is 14.0. The van der Waals surface area contributed by atoms with Crippen LogP contribution in [-0.2, 0) is 20.0 Å². The summed E-state index contributed by atoms with van der Waals surface area (Å²) in [5, 5.41) is 18.5. The molecule has 0 fully saturated rings. The van der Waals surface area contributed by atoms with E-state index in [4.69, 9.17) is 4.74 Å². The lowest BCUT2D eigenvalue weighted by atomic mass is 10.3. The van der Waals surface area contributed by atoms with E-state index in [0.29, 0.717) is 12.1 Å². The number of nitrogens with one attached hydrogen (secondary N) is 2. The van der Waals surface area contributed by atoms with Gasteiger partial charge in [-0.3, -0.25) is 9.44 Å². The van der Waals surface area contributed by atoms with Gasteiger partial charge in [-0.1, -0.05) is 0 Å². The largest absolute Gasteiger partial charge is 0.508 e. The molecule has 3 rings (SSSR count). The molecular weight excluding hydrogens is 470 g/mol. The van der Waals surface area contributed by atoms with E-state index in [-0.39, 0.29) is 5.75 Å². The summed E-state index contributed by atoms with van der Waals surface area (Å²) >= 11 is 0. The van der Waals surface area contributed by atoms with Crippen molar-refractivity contribution >= 4 is 31.4 Å². The van der Waals surface area contributed by atoms with Gasteiger partial charge in [-0.05, 0) is 42.5 Å². The van der Waals surface area contributed by atoms with Crippen molar-refractivity contribution in [3.63, 3.8) is 0 Å². The van der Waals surface area contributed by atoms with Crippen LogP contribution in [0.3, 0.4) is 0 Å². The standard InChI is InChI=1S/C19H16F2N2O7S2/c1-30-18-7-4-13(31(26,27)22-16-5-2-11(24)8-14(16)20)10-19(18)32(28,29)23-17-6-3-12(25)9-15(17)21/h2-10,22-25H,1H3. The summed E-state index contributed by atoms with van der Waals surface area (Å²) in [5.41, 5.74) is -0.977. The van der Waals surface area contributed by atoms with E-state index < -0.39 is 64.3 Å². The van der Waals surface area contributed by atoms with E-state index in [2.05, 4.69) is 0 Å². The molecule has 0 spiro atoms. The number of halogens is 2. The molecule has 32 heavy (non-hydrogen) atoms.